The average molecular weight is 293 g/mol. The lowest BCUT2D eigenvalue weighted by Gasteiger charge is -2.23. The third kappa shape index (κ3) is 5.21. The van der Waals surface area contributed by atoms with Gasteiger partial charge in [-0.3, -0.25) is 0 Å². The number of nitrogens with one attached hydrogen (secondary N) is 1. The van der Waals surface area contributed by atoms with Crippen molar-refractivity contribution in [2.45, 2.75) is 45.3 Å². The van der Waals surface area contributed by atoms with Crippen LogP contribution in [0, 0.1) is 0 Å². The molecule has 0 bridgehead atoms. The Hall–Kier alpha value is -1.26. The summed E-state index contributed by atoms with van der Waals surface area (Å²) in [6, 6.07) is 6.07. The van der Waals surface area contributed by atoms with Crippen LogP contribution in [0.4, 0.5) is 0 Å². The monoisotopic (exact) mass is 293 g/mol. The molecule has 4 nitrogen and oxygen atoms in total. The highest BCUT2D eigenvalue weighted by atomic mass is 16.5. The third-order valence-electron chi connectivity index (χ3n) is 3.58. The molecule has 118 valence electrons. The van der Waals surface area contributed by atoms with Crippen molar-refractivity contribution in [3.05, 3.63) is 23.8 Å². The summed E-state index contributed by atoms with van der Waals surface area (Å²) in [6.45, 7) is 5.10. The second-order valence-corrected chi connectivity index (χ2v) is 5.45. The maximum Gasteiger partial charge on any atom is 0.127 e. The minimum Gasteiger partial charge on any atom is -0.493 e. The van der Waals surface area contributed by atoms with Crippen molar-refractivity contribution in [3.8, 4) is 11.5 Å². The van der Waals surface area contributed by atoms with Crippen LogP contribution in [0.15, 0.2) is 18.2 Å². The average Bonchev–Trinajstić information content (AvgIpc) is 2.53. The molecule has 2 rings (SSSR count). The van der Waals surface area contributed by atoms with Crippen LogP contribution in [0.2, 0.25) is 0 Å². The second-order valence-electron chi connectivity index (χ2n) is 5.45. The quantitative estimate of drug-likeness (QED) is 0.799. The Morgan fingerprint density at radius 3 is 2.90 bits per heavy atom. The van der Waals surface area contributed by atoms with Crippen molar-refractivity contribution in [3.63, 3.8) is 0 Å². The van der Waals surface area contributed by atoms with Crippen molar-refractivity contribution in [1.82, 2.24) is 5.32 Å². The lowest BCUT2D eigenvalue weighted by atomic mass is 10.1. The van der Waals surface area contributed by atoms with Gasteiger partial charge in [-0.1, -0.05) is 13.0 Å². The van der Waals surface area contributed by atoms with Crippen molar-refractivity contribution in [1.29, 1.82) is 0 Å². The Labute approximate surface area is 127 Å². The van der Waals surface area contributed by atoms with Crippen LogP contribution >= 0.6 is 0 Å². The number of benzene rings is 1. The summed E-state index contributed by atoms with van der Waals surface area (Å²) in [7, 11) is 1.94. The molecule has 0 aliphatic carbocycles. The Balaban J connectivity index is 1.98. The fraction of sp³-hybridized carbons (Fsp3) is 0.647. The zero-order valence-electron chi connectivity index (χ0n) is 13.2. The molecule has 1 N–H and O–H groups in total. The van der Waals surface area contributed by atoms with E-state index in [1.807, 2.05) is 19.2 Å². The molecule has 1 aromatic rings. The Kier molecular flexibility index (Phi) is 6.83. The van der Waals surface area contributed by atoms with Gasteiger partial charge in [-0.2, -0.15) is 0 Å². The lowest BCUT2D eigenvalue weighted by molar-refractivity contribution is -0.0112. The topological polar surface area (TPSA) is 39.7 Å². The molecule has 1 aliphatic heterocycles. The fourth-order valence-electron chi connectivity index (χ4n) is 2.44. The predicted molar refractivity (Wildman–Crippen MR) is 84.1 cm³/mol. The molecule has 21 heavy (non-hydrogen) atoms. The molecule has 1 atom stereocenters. The maximum atomic E-state index is 6.00. The summed E-state index contributed by atoms with van der Waals surface area (Å²) in [5, 5.41) is 3.17. The van der Waals surface area contributed by atoms with E-state index in [0.29, 0.717) is 6.61 Å². The van der Waals surface area contributed by atoms with E-state index in [2.05, 4.69) is 18.3 Å². The zero-order chi connectivity index (χ0) is 14.9. The highest BCUT2D eigenvalue weighted by Gasteiger charge is 2.15. The van der Waals surface area contributed by atoms with Crippen LogP contribution in [0.25, 0.3) is 0 Å². The number of hydrogen-bond acceptors (Lipinski definition) is 4. The van der Waals surface area contributed by atoms with E-state index in [0.717, 1.165) is 49.7 Å². The molecule has 1 unspecified atom stereocenters. The van der Waals surface area contributed by atoms with Gasteiger partial charge in [-0.25, -0.2) is 0 Å². The summed E-state index contributed by atoms with van der Waals surface area (Å²) in [5.41, 5.74) is 1.15. The minimum absolute atomic E-state index is 0.224. The van der Waals surface area contributed by atoms with Crippen molar-refractivity contribution < 1.29 is 14.2 Å². The van der Waals surface area contributed by atoms with E-state index in [1.54, 1.807) is 0 Å². The first-order chi connectivity index (χ1) is 10.3. The van der Waals surface area contributed by atoms with Gasteiger partial charge in [0.1, 0.15) is 18.1 Å². The first-order valence-electron chi connectivity index (χ1n) is 7.98. The zero-order valence-corrected chi connectivity index (χ0v) is 13.2. The number of hydrogen-bond donors (Lipinski definition) is 1. The van der Waals surface area contributed by atoms with Crippen LogP contribution in [-0.2, 0) is 11.3 Å². The van der Waals surface area contributed by atoms with Crippen molar-refractivity contribution in [2.75, 3.05) is 26.9 Å². The SMILES string of the molecule is CCCOc1ccc(CNC)c(OCC2CCCCO2)c1. The molecule has 0 radical (unpaired) electrons. The summed E-state index contributed by atoms with van der Waals surface area (Å²) >= 11 is 0. The molecule has 1 heterocycles. The molecule has 1 saturated heterocycles. The van der Waals surface area contributed by atoms with Crippen LogP contribution in [0.3, 0.4) is 0 Å². The van der Waals surface area contributed by atoms with Crippen LogP contribution < -0.4 is 14.8 Å². The van der Waals surface area contributed by atoms with E-state index in [-0.39, 0.29) is 6.10 Å². The molecule has 1 fully saturated rings. The molecule has 1 aromatic carbocycles. The minimum atomic E-state index is 0.224. The lowest BCUT2D eigenvalue weighted by Crippen LogP contribution is -2.26. The van der Waals surface area contributed by atoms with E-state index in [1.165, 1.54) is 12.8 Å². The van der Waals surface area contributed by atoms with Gasteiger partial charge in [0.2, 0.25) is 0 Å². The van der Waals surface area contributed by atoms with Crippen LogP contribution in [0.5, 0.6) is 11.5 Å². The van der Waals surface area contributed by atoms with Crippen LogP contribution in [-0.4, -0.2) is 33.0 Å². The molecule has 1 aliphatic rings. The summed E-state index contributed by atoms with van der Waals surface area (Å²) in [4.78, 5) is 0. The molecule has 0 saturated carbocycles. The third-order valence-corrected chi connectivity index (χ3v) is 3.58. The Morgan fingerprint density at radius 2 is 2.19 bits per heavy atom. The van der Waals surface area contributed by atoms with E-state index >= 15 is 0 Å². The largest absolute Gasteiger partial charge is 0.493 e. The van der Waals surface area contributed by atoms with Gasteiger partial charge in [0.05, 0.1) is 12.7 Å². The Bertz CT molecular complexity index is 416. The molecular weight excluding hydrogens is 266 g/mol. The van der Waals surface area contributed by atoms with Gasteiger partial charge < -0.3 is 19.5 Å². The smallest absolute Gasteiger partial charge is 0.127 e. The molecule has 0 spiro atoms. The number of rotatable bonds is 8. The fourth-order valence-corrected chi connectivity index (χ4v) is 2.44. The van der Waals surface area contributed by atoms with E-state index < -0.39 is 0 Å². The summed E-state index contributed by atoms with van der Waals surface area (Å²) < 4.78 is 17.4. The molecule has 0 amide bonds. The Morgan fingerprint density at radius 1 is 1.29 bits per heavy atom. The predicted octanol–water partition coefficient (Wildman–Crippen LogP) is 3.14. The standard InChI is InChI=1S/C17H27NO3/c1-3-9-19-15-8-7-14(12-18-2)17(11-15)21-13-16-6-4-5-10-20-16/h7-8,11,16,18H,3-6,9-10,12-13H2,1-2H3. The van der Waals surface area contributed by atoms with Gasteiger partial charge in [0.25, 0.3) is 0 Å². The van der Waals surface area contributed by atoms with Gasteiger partial charge >= 0.3 is 0 Å². The van der Waals surface area contributed by atoms with Gasteiger partial charge in [-0.05, 0) is 38.8 Å². The second kappa shape index (κ2) is 8.90. The van der Waals surface area contributed by atoms with Gasteiger partial charge in [0, 0.05) is 24.8 Å². The van der Waals surface area contributed by atoms with E-state index in [9.17, 15) is 0 Å². The van der Waals surface area contributed by atoms with Gasteiger partial charge in [0.15, 0.2) is 0 Å². The van der Waals surface area contributed by atoms with E-state index in [4.69, 9.17) is 14.2 Å². The normalized spacial score (nSPS) is 18.5. The molecule has 0 aromatic heterocycles. The summed E-state index contributed by atoms with van der Waals surface area (Å²) in [5.74, 6) is 1.77. The van der Waals surface area contributed by atoms with Crippen molar-refractivity contribution in [2.24, 2.45) is 0 Å². The molecular formula is C17H27NO3. The number of ether oxygens (including phenoxy) is 3. The highest BCUT2D eigenvalue weighted by Crippen LogP contribution is 2.26. The van der Waals surface area contributed by atoms with Crippen LogP contribution in [0.1, 0.15) is 38.2 Å². The van der Waals surface area contributed by atoms with Crippen molar-refractivity contribution >= 4 is 0 Å². The van der Waals surface area contributed by atoms with Gasteiger partial charge in [-0.15, -0.1) is 0 Å². The highest BCUT2D eigenvalue weighted by molar-refractivity contribution is 5.40. The first kappa shape index (κ1) is 16.1. The molecule has 4 heteroatoms. The summed E-state index contributed by atoms with van der Waals surface area (Å²) in [6.07, 6.45) is 4.72. The maximum absolute atomic E-state index is 6.00. The first-order valence-corrected chi connectivity index (χ1v) is 7.98.